The molecule has 1 heteroatoms. The van der Waals surface area contributed by atoms with Gasteiger partial charge in [-0.05, 0) is 0 Å². The second-order valence-corrected chi connectivity index (χ2v) is 4.26. The predicted molar refractivity (Wildman–Crippen MR) is 40.3 cm³/mol. The third kappa shape index (κ3) is 0.839. The van der Waals surface area contributed by atoms with E-state index in [-0.39, 0.29) is 15.8 Å². The molecule has 0 nitrogen and oxygen atoms in total. The molecule has 0 N–H and O–H groups in total. The van der Waals surface area contributed by atoms with Crippen molar-refractivity contribution in [1.82, 2.24) is 0 Å². The van der Waals surface area contributed by atoms with Crippen molar-refractivity contribution >= 4 is 15.8 Å². The predicted octanol–water partition coefficient (Wildman–Crippen LogP) is 1.13. The van der Waals surface area contributed by atoms with Crippen molar-refractivity contribution < 1.29 is 0 Å². The molecule has 1 heterocycles. The Kier molecular flexibility index (Phi) is 1.20. The number of rotatable bonds is 0. The molecule has 0 saturated carbocycles. The monoisotopic (exact) mass is 177 g/mol. The molecule has 0 saturated heterocycles. The average Bonchev–Trinajstić information content (AvgIpc) is 2.33. The second-order valence-electron chi connectivity index (χ2n) is 2.00. The van der Waals surface area contributed by atoms with Gasteiger partial charge in [-0.15, -0.1) is 0 Å². The third-order valence-corrected chi connectivity index (χ3v) is 3.58. The molecule has 9 heavy (non-hydrogen) atoms. The zero-order valence-corrected chi connectivity index (χ0v) is 6.98. The molecule has 0 aromatic heterocycles. The van der Waals surface area contributed by atoms with Crippen LogP contribution in [0.1, 0.15) is 0 Å². The summed E-state index contributed by atoms with van der Waals surface area (Å²) in [5.41, 5.74) is 1.41. The Balaban J connectivity index is 2.46. The van der Waals surface area contributed by atoms with E-state index in [2.05, 4.69) is 29.2 Å². The normalized spacial score (nSPS) is 24.0. The van der Waals surface area contributed by atoms with Gasteiger partial charge in [0.2, 0.25) is 0 Å². The van der Waals surface area contributed by atoms with Crippen LogP contribution in [0.2, 0.25) is 0 Å². The van der Waals surface area contributed by atoms with Gasteiger partial charge in [-0.1, -0.05) is 0 Å². The molecule has 43 valence electrons. The van der Waals surface area contributed by atoms with E-state index in [0.717, 1.165) is 0 Å². The van der Waals surface area contributed by atoms with E-state index < -0.39 is 0 Å². The van der Waals surface area contributed by atoms with Crippen molar-refractivity contribution in [2.75, 3.05) is 0 Å². The van der Waals surface area contributed by atoms with Crippen LogP contribution in [0.25, 0.3) is 0 Å². The number of fused-ring (bicyclic) bond motifs is 1. The van der Waals surface area contributed by atoms with Crippen LogP contribution in [-0.2, 0) is 0 Å². The standard InChI is InChI=1S/C8H6As/c1-3-7-4-2-6-9-8(7)5-1/h1-5,9H. The van der Waals surface area contributed by atoms with Gasteiger partial charge in [-0.25, -0.2) is 0 Å². The fourth-order valence-electron chi connectivity index (χ4n) is 0.944. The van der Waals surface area contributed by atoms with Gasteiger partial charge in [0, 0.05) is 0 Å². The molecule has 0 aromatic rings. The van der Waals surface area contributed by atoms with E-state index in [1.807, 2.05) is 6.08 Å². The first kappa shape index (κ1) is 5.31. The average molecular weight is 177 g/mol. The van der Waals surface area contributed by atoms with Crippen LogP contribution in [-0.4, -0.2) is 15.8 Å². The minimum absolute atomic E-state index is 0.0255. The van der Waals surface area contributed by atoms with Gasteiger partial charge in [0.25, 0.3) is 0 Å². The summed E-state index contributed by atoms with van der Waals surface area (Å²) in [6.45, 7) is 0. The summed E-state index contributed by atoms with van der Waals surface area (Å²) >= 11 is -0.0255. The van der Waals surface area contributed by atoms with Crippen molar-refractivity contribution in [1.29, 1.82) is 0 Å². The molecule has 1 aliphatic carbocycles. The van der Waals surface area contributed by atoms with E-state index in [0.29, 0.717) is 0 Å². The Bertz CT molecular complexity index is 241. The molecule has 0 aromatic carbocycles. The summed E-state index contributed by atoms with van der Waals surface area (Å²) in [6.07, 6.45) is 10.7. The fraction of sp³-hybridized carbons (Fsp3) is 0. The summed E-state index contributed by atoms with van der Waals surface area (Å²) in [5, 5.41) is 0. The minimum atomic E-state index is -0.0255. The quantitative estimate of drug-likeness (QED) is 0.486. The van der Waals surface area contributed by atoms with Crippen LogP contribution in [0.4, 0.5) is 0 Å². The Morgan fingerprint density at radius 1 is 1.33 bits per heavy atom. The summed E-state index contributed by atoms with van der Waals surface area (Å²) in [7, 11) is 0. The van der Waals surface area contributed by atoms with Crippen molar-refractivity contribution in [2.24, 2.45) is 0 Å². The Hall–Kier alpha value is -0.482. The fourth-order valence-corrected chi connectivity index (χ4v) is 2.65. The molecule has 0 bridgehead atoms. The van der Waals surface area contributed by atoms with Crippen molar-refractivity contribution in [3.8, 4) is 0 Å². The zero-order chi connectivity index (χ0) is 6.10. The maximum absolute atomic E-state index is 3.27. The molecule has 2 rings (SSSR count). The molecule has 0 spiro atoms. The SMILES string of the molecule is [C]1=CC=C2C=CC=C2[AsH]1. The van der Waals surface area contributed by atoms with E-state index in [9.17, 15) is 0 Å². The topological polar surface area (TPSA) is 0 Å². The van der Waals surface area contributed by atoms with E-state index in [1.165, 1.54) is 9.93 Å². The Morgan fingerprint density at radius 2 is 2.33 bits per heavy atom. The van der Waals surface area contributed by atoms with Crippen molar-refractivity contribution in [3.05, 3.63) is 45.2 Å². The van der Waals surface area contributed by atoms with Gasteiger partial charge < -0.3 is 0 Å². The van der Waals surface area contributed by atoms with Crippen LogP contribution >= 0.6 is 0 Å². The molecular weight excluding hydrogens is 171 g/mol. The summed E-state index contributed by atoms with van der Waals surface area (Å²) in [5.74, 6) is 0. The molecule has 1 unspecified atom stereocenters. The van der Waals surface area contributed by atoms with Gasteiger partial charge in [-0.3, -0.25) is 0 Å². The Labute approximate surface area is 61.3 Å². The number of hydrogen-bond acceptors (Lipinski definition) is 0. The maximum atomic E-state index is 3.27. The van der Waals surface area contributed by atoms with Gasteiger partial charge >= 0.3 is 60.9 Å². The first-order chi connectivity index (χ1) is 4.47. The van der Waals surface area contributed by atoms with Crippen LogP contribution in [0.5, 0.6) is 0 Å². The summed E-state index contributed by atoms with van der Waals surface area (Å²) < 4.78 is 1.53. The second kappa shape index (κ2) is 2.04. The van der Waals surface area contributed by atoms with Gasteiger partial charge in [-0.2, -0.15) is 0 Å². The third-order valence-electron chi connectivity index (χ3n) is 1.40. The van der Waals surface area contributed by atoms with Crippen molar-refractivity contribution in [2.45, 2.75) is 0 Å². The number of allylic oxidation sites excluding steroid dienone is 7. The van der Waals surface area contributed by atoms with E-state index >= 15 is 0 Å². The van der Waals surface area contributed by atoms with Crippen LogP contribution in [0, 0.1) is 4.86 Å². The van der Waals surface area contributed by atoms with E-state index in [1.54, 1.807) is 0 Å². The molecule has 1 atom stereocenters. The van der Waals surface area contributed by atoms with Crippen LogP contribution in [0.3, 0.4) is 0 Å². The molecule has 1 aliphatic heterocycles. The molecule has 1 radical (unpaired) electrons. The van der Waals surface area contributed by atoms with Crippen LogP contribution < -0.4 is 0 Å². The van der Waals surface area contributed by atoms with Crippen molar-refractivity contribution in [3.63, 3.8) is 0 Å². The Morgan fingerprint density at radius 3 is 3.22 bits per heavy atom. The van der Waals surface area contributed by atoms with Gasteiger partial charge in [0.1, 0.15) is 0 Å². The molecule has 0 amide bonds. The molecule has 2 aliphatic rings. The van der Waals surface area contributed by atoms with E-state index in [4.69, 9.17) is 0 Å². The summed E-state index contributed by atoms with van der Waals surface area (Å²) in [4.78, 5) is 3.27. The zero-order valence-electron chi connectivity index (χ0n) is 4.89. The first-order valence-corrected chi connectivity index (χ1v) is 5.00. The van der Waals surface area contributed by atoms with Gasteiger partial charge in [0.15, 0.2) is 0 Å². The van der Waals surface area contributed by atoms with Gasteiger partial charge in [0.05, 0.1) is 0 Å². The molecule has 0 fully saturated rings. The molecular formula is C8H6As. The van der Waals surface area contributed by atoms with Crippen LogP contribution in [0.15, 0.2) is 40.3 Å². The first-order valence-electron chi connectivity index (χ1n) is 2.90. The summed E-state index contributed by atoms with van der Waals surface area (Å²) in [6, 6.07) is 0. The number of hydrogen-bond donors (Lipinski definition) is 0.